The standard InChI is InChI=1S/C17H17N5O4S/c1-27(25,26)22-12-5-3-2-4-10(12)9-6-7-11-13(8-9)20-16(21-17(19)24)14(11)15(18)23/h2-8,20,22H,1H3,(H2,18,23)(H3,19,21,24). The molecule has 0 bridgehead atoms. The van der Waals surface area contributed by atoms with Crippen molar-refractivity contribution in [1.82, 2.24) is 4.98 Å². The maximum absolute atomic E-state index is 11.8. The van der Waals surface area contributed by atoms with Crippen molar-refractivity contribution in [2.24, 2.45) is 11.5 Å². The Morgan fingerprint density at radius 3 is 2.41 bits per heavy atom. The Hall–Kier alpha value is -3.53. The second-order valence-electron chi connectivity index (χ2n) is 5.91. The van der Waals surface area contributed by atoms with Gasteiger partial charge < -0.3 is 16.5 Å². The van der Waals surface area contributed by atoms with Crippen molar-refractivity contribution in [3.8, 4) is 11.1 Å². The van der Waals surface area contributed by atoms with Gasteiger partial charge in [-0.3, -0.25) is 14.8 Å². The number of fused-ring (bicyclic) bond motifs is 1. The highest BCUT2D eigenvalue weighted by molar-refractivity contribution is 7.92. The number of anilines is 2. The monoisotopic (exact) mass is 387 g/mol. The summed E-state index contributed by atoms with van der Waals surface area (Å²) in [5.74, 6) is -0.624. The number of aromatic amines is 1. The number of hydrogen-bond acceptors (Lipinski definition) is 4. The van der Waals surface area contributed by atoms with Crippen LogP contribution in [0.5, 0.6) is 0 Å². The van der Waals surface area contributed by atoms with Crippen LogP contribution in [0.15, 0.2) is 42.5 Å². The van der Waals surface area contributed by atoms with E-state index in [9.17, 15) is 18.0 Å². The summed E-state index contributed by atoms with van der Waals surface area (Å²) in [4.78, 5) is 25.8. The third-order valence-electron chi connectivity index (χ3n) is 3.83. The summed E-state index contributed by atoms with van der Waals surface area (Å²) in [7, 11) is -3.46. The molecule has 0 spiro atoms. The number of urea groups is 1. The molecule has 1 aromatic heterocycles. The highest BCUT2D eigenvalue weighted by atomic mass is 32.2. The predicted octanol–water partition coefficient (Wildman–Crippen LogP) is 1.80. The Bertz CT molecular complexity index is 1170. The molecule has 10 heteroatoms. The van der Waals surface area contributed by atoms with Crippen LogP contribution >= 0.6 is 0 Å². The number of para-hydroxylation sites is 1. The molecule has 3 rings (SSSR count). The Morgan fingerprint density at radius 2 is 1.78 bits per heavy atom. The van der Waals surface area contributed by atoms with Gasteiger partial charge in [0.1, 0.15) is 5.82 Å². The van der Waals surface area contributed by atoms with Gasteiger partial charge in [0.25, 0.3) is 5.91 Å². The van der Waals surface area contributed by atoms with Gasteiger partial charge in [0.05, 0.1) is 17.5 Å². The van der Waals surface area contributed by atoms with E-state index in [0.717, 1.165) is 6.26 Å². The number of carbonyl (C=O) groups excluding carboxylic acids is 2. The molecule has 27 heavy (non-hydrogen) atoms. The quantitative estimate of drug-likeness (QED) is 0.451. The largest absolute Gasteiger partial charge is 0.365 e. The van der Waals surface area contributed by atoms with Crippen molar-refractivity contribution in [2.45, 2.75) is 0 Å². The van der Waals surface area contributed by atoms with E-state index in [4.69, 9.17) is 11.5 Å². The average Bonchev–Trinajstić information content (AvgIpc) is 2.90. The average molecular weight is 387 g/mol. The number of amides is 3. The minimum atomic E-state index is -3.46. The van der Waals surface area contributed by atoms with Crippen molar-refractivity contribution in [2.75, 3.05) is 16.3 Å². The summed E-state index contributed by atoms with van der Waals surface area (Å²) in [6.45, 7) is 0. The van der Waals surface area contributed by atoms with E-state index >= 15 is 0 Å². The van der Waals surface area contributed by atoms with Gasteiger partial charge in [0.15, 0.2) is 0 Å². The first-order valence-electron chi connectivity index (χ1n) is 7.75. The predicted molar refractivity (Wildman–Crippen MR) is 104 cm³/mol. The Labute approximate surface area is 154 Å². The van der Waals surface area contributed by atoms with Gasteiger partial charge in [-0.2, -0.15) is 0 Å². The van der Waals surface area contributed by atoms with Gasteiger partial charge in [-0.05, 0) is 17.7 Å². The van der Waals surface area contributed by atoms with Gasteiger partial charge in [0.2, 0.25) is 10.0 Å². The molecule has 2 aromatic carbocycles. The van der Waals surface area contributed by atoms with Crippen LogP contribution < -0.4 is 21.5 Å². The van der Waals surface area contributed by atoms with Crippen molar-refractivity contribution < 1.29 is 18.0 Å². The molecule has 3 aromatic rings. The molecule has 0 fully saturated rings. The van der Waals surface area contributed by atoms with Crippen molar-refractivity contribution in [3.05, 3.63) is 48.0 Å². The highest BCUT2D eigenvalue weighted by Gasteiger charge is 2.18. The van der Waals surface area contributed by atoms with E-state index in [2.05, 4.69) is 15.0 Å². The fourth-order valence-corrected chi connectivity index (χ4v) is 3.44. The van der Waals surface area contributed by atoms with Crippen LogP contribution in [0.1, 0.15) is 10.4 Å². The summed E-state index contributed by atoms with van der Waals surface area (Å²) in [6.07, 6.45) is 1.07. The second-order valence-corrected chi connectivity index (χ2v) is 7.66. The fraction of sp³-hybridized carbons (Fsp3) is 0.0588. The summed E-state index contributed by atoms with van der Waals surface area (Å²) >= 11 is 0. The molecule has 1 heterocycles. The SMILES string of the molecule is CS(=O)(=O)Nc1ccccc1-c1ccc2c(C(N)=O)c(NC(N)=O)[nH]c2c1. The zero-order valence-corrected chi connectivity index (χ0v) is 15.1. The minimum Gasteiger partial charge on any atom is -0.365 e. The van der Waals surface area contributed by atoms with Crippen LogP contribution in [0, 0.1) is 0 Å². The van der Waals surface area contributed by atoms with Crippen molar-refractivity contribution in [3.63, 3.8) is 0 Å². The number of sulfonamides is 1. The molecular weight excluding hydrogens is 370 g/mol. The lowest BCUT2D eigenvalue weighted by atomic mass is 10.0. The first kappa shape index (κ1) is 18.3. The van der Waals surface area contributed by atoms with Gasteiger partial charge in [-0.25, -0.2) is 13.2 Å². The number of aromatic nitrogens is 1. The molecule has 0 saturated heterocycles. The Balaban J connectivity index is 2.16. The van der Waals surface area contributed by atoms with Gasteiger partial charge in [-0.15, -0.1) is 0 Å². The van der Waals surface area contributed by atoms with Crippen LogP contribution in [0.3, 0.4) is 0 Å². The molecule has 0 radical (unpaired) electrons. The smallest absolute Gasteiger partial charge is 0.317 e. The first-order chi connectivity index (χ1) is 12.7. The van der Waals surface area contributed by atoms with E-state index in [0.29, 0.717) is 27.7 Å². The summed E-state index contributed by atoms with van der Waals surface area (Å²) in [6, 6.07) is 11.1. The van der Waals surface area contributed by atoms with E-state index < -0.39 is 22.0 Å². The summed E-state index contributed by atoms with van der Waals surface area (Å²) < 4.78 is 25.7. The van der Waals surface area contributed by atoms with Crippen LogP contribution in [0.2, 0.25) is 0 Å². The van der Waals surface area contributed by atoms with Crippen molar-refractivity contribution in [1.29, 1.82) is 0 Å². The van der Waals surface area contributed by atoms with E-state index in [-0.39, 0.29) is 11.4 Å². The summed E-state index contributed by atoms with van der Waals surface area (Å²) in [5, 5.41) is 2.84. The molecule has 0 aliphatic carbocycles. The first-order valence-corrected chi connectivity index (χ1v) is 9.64. The van der Waals surface area contributed by atoms with Gasteiger partial charge in [0, 0.05) is 16.5 Å². The number of hydrogen-bond donors (Lipinski definition) is 5. The molecule has 0 aliphatic heterocycles. The zero-order valence-electron chi connectivity index (χ0n) is 14.2. The number of nitrogens with one attached hydrogen (secondary N) is 3. The maximum atomic E-state index is 11.8. The minimum absolute atomic E-state index is 0.102. The normalized spacial score (nSPS) is 11.3. The third kappa shape index (κ3) is 3.85. The number of benzene rings is 2. The van der Waals surface area contributed by atoms with E-state index in [1.807, 2.05) is 0 Å². The molecule has 0 saturated carbocycles. The molecule has 9 nitrogen and oxygen atoms in total. The molecule has 7 N–H and O–H groups in total. The second kappa shape index (κ2) is 6.65. The molecule has 3 amide bonds. The molecule has 140 valence electrons. The molecule has 0 atom stereocenters. The number of primary amides is 2. The fourth-order valence-electron chi connectivity index (χ4n) is 2.86. The number of rotatable bonds is 5. The molecular formula is C17H17N5O4S. The topological polar surface area (TPSA) is 160 Å². The zero-order chi connectivity index (χ0) is 19.8. The maximum Gasteiger partial charge on any atom is 0.317 e. The van der Waals surface area contributed by atoms with Crippen LogP contribution in [0.25, 0.3) is 22.0 Å². The van der Waals surface area contributed by atoms with Crippen LogP contribution in [-0.2, 0) is 10.0 Å². The highest BCUT2D eigenvalue weighted by Crippen LogP contribution is 2.33. The molecule has 0 aliphatic rings. The Kier molecular flexibility index (Phi) is 4.50. The van der Waals surface area contributed by atoms with E-state index in [1.54, 1.807) is 42.5 Å². The lowest BCUT2D eigenvalue weighted by molar-refractivity contribution is 0.100. The Morgan fingerprint density at radius 1 is 1.07 bits per heavy atom. The number of nitrogens with two attached hydrogens (primary N) is 2. The van der Waals surface area contributed by atoms with Crippen molar-refractivity contribution >= 4 is 44.4 Å². The third-order valence-corrected chi connectivity index (χ3v) is 4.42. The lowest BCUT2D eigenvalue weighted by Gasteiger charge is -2.11. The summed E-state index contributed by atoms with van der Waals surface area (Å²) in [5.41, 5.74) is 12.9. The van der Waals surface area contributed by atoms with Gasteiger partial charge in [-0.1, -0.05) is 30.3 Å². The van der Waals surface area contributed by atoms with Crippen LogP contribution in [0.4, 0.5) is 16.3 Å². The van der Waals surface area contributed by atoms with Gasteiger partial charge >= 0.3 is 6.03 Å². The van der Waals surface area contributed by atoms with Crippen LogP contribution in [-0.4, -0.2) is 31.6 Å². The molecule has 0 unspecified atom stereocenters. The number of H-pyrrole nitrogens is 1. The lowest BCUT2D eigenvalue weighted by Crippen LogP contribution is -2.22. The number of carbonyl (C=O) groups is 2. The van der Waals surface area contributed by atoms with E-state index in [1.165, 1.54) is 0 Å².